The van der Waals surface area contributed by atoms with Gasteiger partial charge in [0.15, 0.2) is 11.8 Å². The Hall–Kier alpha value is -1.63. The number of nitrogens with zero attached hydrogens (tertiary/aromatic N) is 3. The normalized spacial score (nSPS) is 19.9. The van der Waals surface area contributed by atoms with Gasteiger partial charge in [0.2, 0.25) is 0 Å². The summed E-state index contributed by atoms with van der Waals surface area (Å²) in [7, 11) is 0. The van der Waals surface area contributed by atoms with Crippen molar-refractivity contribution in [2.45, 2.75) is 45.8 Å². The van der Waals surface area contributed by atoms with Crippen molar-refractivity contribution in [3.05, 3.63) is 11.5 Å². The molecule has 0 aromatic rings. The number of amides is 4. The second kappa shape index (κ2) is 8.65. The number of likely N-dealkylation sites (N-methyl/N-ethyl adjacent to an activating group) is 1. The largest absolute Gasteiger partial charge is 0.501 e. The molecule has 25 heavy (non-hydrogen) atoms. The van der Waals surface area contributed by atoms with Gasteiger partial charge in [-0.05, 0) is 30.7 Å². The minimum atomic E-state index is -0.407. The Morgan fingerprint density at radius 1 is 1.36 bits per heavy atom. The minimum absolute atomic E-state index is 0.00496. The van der Waals surface area contributed by atoms with Crippen molar-refractivity contribution >= 4 is 35.3 Å². The molecule has 0 spiro atoms. The van der Waals surface area contributed by atoms with Crippen LogP contribution >= 0.6 is 11.8 Å². The number of urea groups is 1. The first-order valence-corrected chi connectivity index (χ1v) is 9.94. The summed E-state index contributed by atoms with van der Waals surface area (Å²) in [5, 5.41) is 1.42. The maximum atomic E-state index is 12.9. The minimum Gasteiger partial charge on any atom is -0.340 e. The highest BCUT2D eigenvalue weighted by molar-refractivity contribution is 8.04. The molecular weight excluding hydrogens is 338 g/mol. The number of hydrogen-bond acceptors (Lipinski definition) is 4. The zero-order valence-electron chi connectivity index (χ0n) is 15.5. The smallest absolute Gasteiger partial charge is 0.340 e. The number of carbonyl (C=O) groups is 3. The van der Waals surface area contributed by atoms with Crippen molar-refractivity contribution in [2.75, 3.05) is 26.2 Å². The predicted octanol–water partition coefficient (Wildman–Crippen LogP) is 2.34. The lowest BCUT2D eigenvalue weighted by Gasteiger charge is -2.26. The van der Waals surface area contributed by atoms with Gasteiger partial charge >= 0.3 is 11.9 Å². The van der Waals surface area contributed by atoms with E-state index in [-0.39, 0.29) is 30.3 Å². The first-order chi connectivity index (χ1) is 11.9. The van der Waals surface area contributed by atoms with Gasteiger partial charge in [0, 0.05) is 13.1 Å². The van der Waals surface area contributed by atoms with Crippen LogP contribution in [-0.4, -0.2) is 69.4 Å². The average Bonchev–Trinajstić information content (AvgIpc) is 3.05. The molecule has 2 rings (SSSR count). The highest BCUT2D eigenvalue weighted by Crippen LogP contribution is 2.28. The number of allylic oxidation sites excluding steroid dienone is 1. The summed E-state index contributed by atoms with van der Waals surface area (Å²) in [6.07, 6.45) is 3.75. The van der Waals surface area contributed by atoms with Crippen LogP contribution in [0.4, 0.5) is 4.79 Å². The van der Waals surface area contributed by atoms with E-state index in [2.05, 4.69) is 6.92 Å². The van der Waals surface area contributed by atoms with Gasteiger partial charge in [0.05, 0.1) is 6.54 Å². The Morgan fingerprint density at radius 2 is 2.08 bits per heavy atom. The van der Waals surface area contributed by atoms with Gasteiger partial charge in [0.25, 0.3) is 5.91 Å². The van der Waals surface area contributed by atoms with Gasteiger partial charge in [-0.15, -0.1) is 11.8 Å². The third-order valence-electron chi connectivity index (χ3n) is 4.34. The molecule has 4 amide bonds. The molecule has 0 N–H and O–H groups in total. The van der Waals surface area contributed by atoms with Crippen LogP contribution in [0.2, 0.25) is 0 Å². The van der Waals surface area contributed by atoms with E-state index >= 15 is 0 Å². The summed E-state index contributed by atoms with van der Waals surface area (Å²) in [5.41, 5.74) is 0.639. The Labute approximate surface area is 153 Å². The van der Waals surface area contributed by atoms with E-state index in [1.807, 2.05) is 26.2 Å². The lowest BCUT2D eigenvalue weighted by molar-refractivity contribution is -0.428. The zero-order chi connectivity index (χ0) is 18.6. The summed E-state index contributed by atoms with van der Waals surface area (Å²) in [4.78, 5) is 41.2. The van der Waals surface area contributed by atoms with Crippen molar-refractivity contribution in [2.24, 2.45) is 5.92 Å². The molecule has 7 heteroatoms. The van der Waals surface area contributed by atoms with E-state index in [0.29, 0.717) is 25.3 Å². The van der Waals surface area contributed by atoms with Gasteiger partial charge in [-0.25, -0.2) is 4.79 Å². The highest BCUT2D eigenvalue weighted by atomic mass is 32.2. The molecule has 1 atom stereocenters. The SMILES string of the molecule is CCCCN(CC)C(=O)C[N+]1=C2C=CSC2C(=O)N(CC(C)C)C1=O. The second-order valence-electron chi connectivity index (χ2n) is 6.78. The van der Waals surface area contributed by atoms with Gasteiger partial charge < -0.3 is 4.90 Å². The number of unbranched alkanes of at least 4 members (excludes halogenated alkanes) is 1. The van der Waals surface area contributed by atoms with Crippen LogP contribution in [0, 0.1) is 5.92 Å². The van der Waals surface area contributed by atoms with E-state index in [0.717, 1.165) is 12.8 Å². The number of thioether (sulfide) groups is 1. The maximum absolute atomic E-state index is 12.9. The van der Waals surface area contributed by atoms with E-state index in [1.54, 1.807) is 11.0 Å². The monoisotopic (exact) mass is 366 g/mol. The molecule has 0 saturated carbocycles. The molecule has 0 aromatic carbocycles. The first kappa shape index (κ1) is 19.7. The molecule has 0 bridgehead atoms. The maximum Gasteiger partial charge on any atom is 0.501 e. The fourth-order valence-corrected chi connectivity index (χ4v) is 3.95. The Kier molecular flexibility index (Phi) is 6.81. The van der Waals surface area contributed by atoms with Crippen LogP contribution in [0.15, 0.2) is 11.5 Å². The van der Waals surface area contributed by atoms with Crippen LogP contribution in [0.25, 0.3) is 0 Å². The molecule has 0 radical (unpaired) electrons. The van der Waals surface area contributed by atoms with Crippen molar-refractivity contribution in [3.63, 3.8) is 0 Å². The third-order valence-corrected chi connectivity index (χ3v) is 5.35. The lowest BCUT2D eigenvalue weighted by Crippen LogP contribution is -2.57. The quantitative estimate of drug-likeness (QED) is 0.619. The van der Waals surface area contributed by atoms with Crippen LogP contribution in [0.5, 0.6) is 0 Å². The molecule has 2 heterocycles. The number of rotatable bonds is 8. The van der Waals surface area contributed by atoms with Crippen molar-refractivity contribution in [3.8, 4) is 0 Å². The molecule has 0 aliphatic carbocycles. The van der Waals surface area contributed by atoms with Crippen LogP contribution < -0.4 is 0 Å². The van der Waals surface area contributed by atoms with E-state index in [9.17, 15) is 14.4 Å². The van der Waals surface area contributed by atoms with Crippen molar-refractivity contribution in [1.82, 2.24) is 9.80 Å². The van der Waals surface area contributed by atoms with Crippen LogP contribution in [0.3, 0.4) is 0 Å². The molecule has 6 nitrogen and oxygen atoms in total. The standard InChI is InChI=1S/C18H28N3O3S/c1-5-7-9-19(6-2)15(22)12-20-14-8-10-25-16(14)17(23)21(18(20)24)11-13(3)4/h8,10,13,16H,5-7,9,11-12H2,1-4H3/q+1. The topological polar surface area (TPSA) is 60.7 Å². The predicted molar refractivity (Wildman–Crippen MR) is 99.8 cm³/mol. The Balaban J connectivity index is 2.25. The molecule has 2 aliphatic heterocycles. The number of hydrogen-bond donors (Lipinski definition) is 0. The fourth-order valence-electron chi connectivity index (χ4n) is 2.99. The molecular formula is C18H28N3O3S+. The average molecular weight is 367 g/mol. The van der Waals surface area contributed by atoms with E-state index in [4.69, 9.17) is 0 Å². The van der Waals surface area contributed by atoms with Crippen LogP contribution in [0.1, 0.15) is 40.5 Å². The number of imide groups is 1. The molecule has 0 saturated heterocycles. The number of carbonyl (C=O) groups excluding carboxylic acids is 3. The zero-order valence-corrected chi connectivity index (χ0v) is 16.3. The molecule has 138 valence electrons. The van der Waals surface area contributed by atoms with E-state index in [1.165, 1.54) is 21.2 Å². The summed E-state index contributed by atoms with van der Waals surface area (Å²) in [5.74, 6) is -0.0616. The first-order valence-electron chi connectivity index (χ1n) is 9.00. The van der Waals surface area contributed by atoms with Crippen LogP contribution in [-0.2, 0) is 9.59 Å². The molecule has 2 aliphatic rings. The lowest BCUT2D eigenvalue weighted by atomic mass is 10.1. The van der Waals surface area contributed by atoms with Crippen molar-refractivity contribution in [1.29, 1.82) is 0 Å². The summed E-state index contributed by atoms with van der Waals surface area (Å²) < 4.78 is 1.49. The van der Waals surface area contributed by atoms with Crippen molar-refractivity contribution < 1.29 is 19.0 Å². The fraction of sp³-hybridized carbons (Fsp3) is 0.667. The Bertz CT molecular complexity index is 613. The molecule has 1 unspecified atom stereocenters. The second-order valence-corrected chi connectivity index (χ2v) is 7.80. The van der Waals surface area contributed by atoms with Gasteiger partial charge in [0.1, 0.15) is 5.71 Å². The van der Waals surface area contributed by atoms with Gasteiger partial charge in [-0.2, -0.15) is 14.3 Å². The third kappa shape index (κ3) is 4.32. The Morgan fingerprint density at radius 3 is 2.68 bits per heavy atom. The summed E-state index contributed by atoms with van der Waals surface area (Å²) in [6, 6.07) is -0.378. The molecule has 0 aromatic heterocycles. The summed E-state index contributed by atoms with van der Waals surface area (Å²) in [6.45, 7) is 9.67. The highest BCUT2D eigenvalue weighted by Gasteiger charge is 2.49. The van der Waals surface area contributed by atoms with E-state index < -0.39 is 5.25 Å². The molecule has 0 fully saturated rings. The summed E-state index contributed by atoms with van der Waals surface area (Å²) >= 11 is 1.40. The van der Waals surface area contributed by atoms with Gasteiger partial charge in [-0.3, -0.25) is 4.79 Å². The van der Waals surface area contributed by atoms with Gasteiger partial charge in [-0.1, -0.05) is 27.2 Å². The number of fused-ring (bicyclic) bond motifs is 1.